The molecule has 0 spiro atoms. The molecule has 1 rings (SSSR count). The van der Waals surface area contributed by atoms with Crippen molar-refractivity contribution in [1.29, 1.82) is 0 Å². The molecule has 13 heavy (non-hydrogen) atoms. The van der Waals surface area contributed by atoms with E-state index in [1.807, 2.05) is 18.5 Å². The smallest absolute Gasteiger partial charge is 0.0946 e. The minimum Gasteiger partial charge on any atom is -0.336 e. The molecule has 0 bridgehead atoms. The molecule has 0 amide bonds. The third-order valence-corrected chi connectivity index (χ3v) is 1.90. The van der Waals surface area contributed by atoms with Crippen LogP contribution in [0.15, 0.2) is 12.5 Å². The first-order valence-corrected chi connectivity index (χ1v) is 4.11. The number of nitrogens with zero attached hydrogens (tertiary/aromatic N) is 2. The highest BCUT2D eigenvalue weighted by molar-refractivity contribution is 5.09. The summed E-state index contributed by atoms with van der Waals surface area (Å²) < 4.78 is 1.93. The van der Waals surface area contributed by atoms with Gasteiger partial charge < -0.3 is 4.57 Å². The highest BCUT2D eigenvalue weighted by Gasteiger charge is 2.10. The molecule has 0 saturated heterocycles. The van der Waals surface area contributed by atoms with Gasteiger partial charge in [0.1, 0.15) is 0 Å². The number of aryl methyl sites for hydroxylation is 1. The Balaban J connectivity index is 2.76. The Morgan fingerprint density at radius 1 is 1.77 bits per heavy atom. The fraction of sp³-hybridized carbons (Fsp3) is 0.444. The largest absolute Gasteiger partial charge is 0.336 e. The third-order valence-electron chi connectivity index (χ3n) is 1.90. The van der Waals surface area contributed by atoms with Crippen molar-refractivity contribution in [2.45, 2.75) is 19.4 Å². The zero-order chi connectivity index (χ0) is 9.68. The molecule has 1 atom stereocenters. The molecule has 0 aliphatic carbocycles. The first kappa shape index (κ1) is 9.78. The van der Waals surface area contributed by atoms with Crippen LogP contribution in [0.1, 0.15) is 25.1 Å². The lowest BCUT2D eigenvalue weighted by molar-refractivity contribution is 0.535. The Labute approximate surface area is 78.1 Å². The number of hydrogen-bond donors (Lipinski definition) is 2. The quantitative estimate of drug-likeness (QED) is 0.398. The normalized spacial score (nSPS) is 11.9. The van der Waals surface area contributed by atoms with Crippen molar-refractivity contribution < 1.29 is 0 Å². The molecule has 4 nitrogen and oxygen atoms in total. The highest BCUT2D eigenvalue weighted by atomic mass is 15.2. The maximum Gasteiger partial charge on any atom is 0.0946 e. The van der Waals surface area contributed by atoms with Gasteiger partial charge in [-0.05, 0) is 6.92 Å². The Bertz CT molecular complexity index is 318. The standard InChI is InChI=1S/C9H14N4/c1-3-4-5-8(12-10)9-6-11-7-13(9)2/h6-8,12H,5,10H2,1-2H3. The van der Waals surface area contributed by atoms with Crippen LogP contribution >= 0.6 is 0 Å². The van der Waals surface area contributed by atoms with Gasteiger partial charge in [0.25, 0.3) is 0 Å². The van der Waals surface area contributed by atoms with E-state index in [0.29, 0.717) is 6.42 Å². The van der Waals surface area contributed by atoms with Gasteiger partial charge in [-0.15, -0.1) is 11.8 Å². The molecule has 1 aromatic heterocycles. The van der Waals surface area contributed by atoms with Crippen LogP contribution in [0.2, 0.25) is 0 Å². The molecule has 1 aromatic rings. The van der Waals surface area contributed by atoms with Gasteiger partial charge in [0.2, 0.25) is 0 Å². The van der Waals surface area contributed by atoms with E-state index in [1.54, 1.807) is 12.5 Å². The third kappa shape index (κ3) is 2.31. The van der Waals surface area contributed by atoms with Gasteiger partial charge in [-0.3, -0.25) is 11.3 Å². The van der Waals surface area contributed by atoms with Gasteiger partial charge in [-0.25, -0.2) is 4.98 Å². The summed E-state index contributed by atoms with van der Waals surface area (Å²) in [6.07, 6.45) is 4.24. The minimum atomic E-state index is 0.0555. The van der Waals surface area contributed by atoms with Gasteiger partial charge in [0.15, 0.2) is 0 Å². The molecule has 1 unspecified atom stereocenters. The van der Waals surface area contributed by atoms with Crippen LogP contribution in [0, 0.1) is 11.8 Å². The summed E-state index contributed by atoms with van der Waals surface area (Å²) in [6.45, 7) is 1.82. The van der Waals surface area contributed by atoms with Crippen molar-refractivity contribution >= 4 is 0 Å². The molecule has 0 aliphatic rings. The number of imidazole rings is 1. The molecule has 0 aliphatic heterocycles. The number of rotatable bonds is 3. The van der Waals surface area contributed by atoms with Gasteiger partial charge in [-0.2, -0.15) is 0 Å². The van der Waals surface area contributed by atoms with Crippen LogP contribution in [0.4, 0.5) is 0 Å². The average Bonchev–Trinajstić information content (AvgIpc) is 2.54. The second-order valence-corrected chi connectivity index (χ2v) is 2.78. The molecule has 70 valence electrons. The number of nitrogens with two attached hydrogens (primary N) is 1. The van der Waals surface area contributed by atoms with E-state index in [-0.39, 0.29) is 6.04 Å². The van der Waals surface area contributed by atoms with Crippen LogP contribution in [-0.2, 0) is 7.05 Å². The minimum absolute atomic E-state index is 0.0555. The van der Waals surface area contributed by atoms with Crippen molar-refractivity contribution in [1.82, 2.24) is 15.0 Å². The summed E-state index contributed by atoms with van der Waals surface area (Å²) in [5.41, 5.74) is 3.76. The van der Waals surface area contributed by atoms with E-state index < -0.39 is 0 Å². The molecule has 0 saturated carbocycles. The molecule has 0 radical (unpaired) electrons. The molecule has 0 fully saturated rings. The zero-order valence-electron chi connectivity index (χ0n) is 7.91. The van der Waals surface area contributed by atoms with Crippen molar-refractivity contribution in [3.8, 4) is 11.8 Å². The van der Waals surface area contributed by atoms with Crippen molar-refractivity contribution in [2.24, 2.45) is 12.9 Å². The van der Waals surface area contributed by atoms with Crippen molar-refractivity contribution in [3.05, 3.63) is 18.2 Å². The number of nitrogens with one attached hydrogen (secondary N) is 1. The van der Waals surface area contributed by atoms with Crippen molar-refractivity contribution in [3.63, 3.8) is 0 Å². The van der Waals surface area contributed by atoms with Crippen LogP contribution in [0.3, 0.4) is 0 Å². The number of hydrogen-bond acceptors (Lipinski definition) is 3. The molecular formula is C9H14N4. The van der Waals surface area contributed by atoms with Crippen molar-refractivity contribution in [2.75, 3.05) is 0 Å². The number of aromatic nitrogens is 2. The van der Waals surface area contributed by atoms with Gasteiger partial charge in [-0.1, -0.05) is 0 Å². The molecular weight excluding hydrogens is 164 g/mol. The SMILES string of the molecule is CC#CCC(NN)c1cncn1C. The molecule has 1 heterocycles. The topological polar surface area (TPSA) is 55.9 Å². The lowest BCUT2D eigenvalue weighted by Crippen LogP contribution is -2.29. The van der Waals surface area contributed by atoms with Crippen LogP contribution < -0.4 is 11.3 Å². The fourth-order valence-corrected chi connectivity index (χ4v) is 1.16. The predicted molar refractivity (Wildman–Crippen MR) is 51.3 cm³/mol. The predicted octanol–water partition coefficient (Wildman–Crippen LogP) is 0.338. The maximum atomic E-state index is 5.41. The first-order valence-electron chi connectivity index (χ1n) is 4.11. The summed E-state index contributed by atoms with van der Waals surface area (Å²) in [5.74, 6) is 11.2. The van der Waals surface area contributed by atoms with E-state index in [4.69, 9.17) is 5.84 Å². The number of hydrazine groups is 1. The monoisotopic (exact) mass is 178 g/mol. The van der Waals surface area contributed by atoms with Crippen LogP contribution in [0.25, 0.3) is 0 Å². The fourth-order valence-electron chi connectivity index (χ4n) is 1.16. The van der Waals surface area contributed by atoms with E-state index >= 15 is 0 Å². The summed E-state index contributed by atoms with van der Waals surface area (Å²) in [6, 6.07) is 0.0555. The molecule has 3 N–H and O–H groups in total. The lowest BCUT2D eigenvalue weighted by atomic mass is 10.1. The van der Waals surface area contributed by atoms with E-state index in [0.717, 1.165) is 5.69 Å². The Morgan fingerprint density at radius 2 is 2.54 bits per heavy atom. The summed E-state index contributed by atoms with van der Waals surface area (Å²) in [5, 5.41) is 0. The zero-order valence-corrected chi connectivity index (χ0v) is 7.91. The highest BCUT2D eigenvalue weighted by Crippen LogP contribution is 2.13. The Kier molecular flexibility index (Phi) is 3.50. The summed E-state index contributed by atoms with van der Waals surface area (Å²) in [4.78, 5) is 4.02. The van der Waals surface area contributed by atoms with Gasteiger partial charge in [0, 0.05) is 19.7 Å². The van der Waals surface area contributed by atoms with E-state index in [9.17, 15) is 0 Å². The van der Waals surface area contributed by atoms with Crippen LogP contribution in [-0.4, -0.2) is 9.55 Å². The Morgan fingerprint density at radius 3 is 3.00 bits per heavy atom. The van der Waals surface area contributed by atoms with Gasteiger partial charge >= 0.3 is 0 Å². The molecule has 4 heteroatoms. The average molecular weight is 178 g/mol. The Hall–Kier alpha value is -1.31. The lowest BCUT2D eigenvalue weighted by Gasteiger charge is -2.12. The second kappa shape index (κ2) is 4.65. The summed E-state index contributed by atoms with van der Waals surface area (Å²) in [7, 11) is 1.94. The van der Waals surface area contributed by atoms with E-state index in [1.165, 1.54) is 0 Å². The van der Waals surface area contributed by atoms with Crippen LogP contribution in [0.5, 0.6) is 0 Å². The second-order valence-electron chi connectivity index (χ2n) is 2.78. The first-order chi connectivity index (χ1) is 6.29. The van der Waals surface area contributed by atoms with E-state index in [2.05, 4.69) is 22.3 Å². The molecule has 0 aromatic carbocycles. The summed E-state index contributed by atoms with van der Waals surface area (Å²) >= 11 is 0. The van der Waals surface area contributed by atoms with Gasteiger partial charge in [0.05, 0.1) is 18.1 Å². The maximum absolute atomic E-state index is 5.41.